The average Bonchev–Trinajstić information content (AvgIpc) is 2.97. The Morgan fingerprint density at radius 1 is 1.55 bits per heavy atom. The maximum Gasteiger partial charge on any atom is 0.244 e. The van der Waals surface area contributed by atoms with E-state index in [1.807, 2.05) is 23.8 Å². The van der Waals surface area contributed by atoms with Crippen LogP contribution in [0.4, 0.5) is 0 Å². The summed E-state index contributed by atoms with van der Waals surface area (Å²) in [6.07, 6.45) is 0.619. The number of sulfonamides is 1. The predicted octanol–water partition coefficient (Wildman–Crippen LogP) is 1.18. The number of hydrogen-bond acceptors (Lipinski definition) is 5. The van der Waals surface area contributed by atoms with Crippen LogP contribution in [-0.4, -0.2) is 29.8 Å². The zero-order chi connectivity index (χ0) is 14.8. The lowest BCUT2D eigenvalue weighted by Gasteiger charge is -2.14. The van der Waals surface area contributed by atoms with Gasteiger partial charge >= 0.3 is 0 Å². The molecule has 8 heteroatoms. The maximum absolute atomic E-state index is 12.4. The van der Waals surface area contributed by atoms with Crippen molar-refractivity contribution in [3.8, 4) is 0 Å². The minimum atomic E-state index is -3.69. The van der Waals surface area contributed by atoms with E-state index >= 15 is 0 Å². The third-order valence-corrected chi connectivity index (χ3v) is 5.38. The maximum atomic E-state index is 12.4. The van der Waals surface area contributed by atoms with Crippen molar-refractivity contribution in [2.75, 3.05) is 0 Å². The number of nitrogens with one attached hydrogen (secondary N) is 2. The summed E-state index contributed by atoms with van der Waals surface area (Å²) in [5.41, 5.74) is 1.65. The van der Waals surface area contributed by atoms with Crippen LogP contribution in [0.25, 0.3) is 0 Å². The Morgan fingerprint density at radius 3 is 2.90 bits per heavy atom. The fourth-order valence-corrected chi connectivity index (χ4v) is 4.34. The van der Waals surface area contributed by atoms with Gasteiger partial charge in [0.25, 0.3) is 0 Å². The topological polar surface area (TPSA) is 95.1 Å². The van der Waals surface area contributed by atoms with Crippen molar-refractivity contribution < 1.29 is 13.5 Å². The number of thiophene rings is 1. The van der Waals surface area contributed by atoms with E-state index in [2.05, 4.69) is 14.9 Å². The van der Waals surface area contributed by atoms with Gasteiger partial charge in [-0.05, 0) is 42.7 Å². The minimum absolute atomic E-state index is 0.0390. The van der Waals surface area contributed by atoms with Crippen LogP contribution >= 0.6 is 11.3 Å². The van der Waals surface area contributed by atoms with Crippen LogP contribution in [-0.2, 0) is 23.1 Å². The average molecular weight is 315 g/mol. The van der Waals surface area contributed by atoms with Gasteiger partial charge in [-0.15, -0.1) is 0 Å². The van der Waals surface area contributed by atoms with Gasteiger partial charge in [-0.1, -0.05) is 0 Å². The summed E-state index contributed by atoms with van der Waals surface area (Å²) >= 11 is 1.58. The molecule has 0 fully saturated rings. The number of nitrogens with zero attached hydrogens (tertiary/aromatic N) is 1. The third-order valence-electron chi connectivity index (χ3n) is 2.86. The highest BCUT2D eigenvalue weighted by atomic mass is 32.2. The smallest absolute Gasteiger partial charge is 0.244 e. The number of aliphatic hydroxyl groups is 1. The molecule has 0 radical (unpaired) electrons. The molecule has 0 bridgehead atoms. The van der Waals surface area contributed by atoms with Gasteiger partial charge in [0.15, 0.2) is 0 Å². The Balaban J connectivity index is 2.16. The number of aryl methyl sites for hydroxylation is 1. The Morgan fingerprint density at radius 2 is 2.30 bits per heavy atom. The molecule has 6 nitrogen and oxygen atoms in total. The van der Waals surface area contributed by atoms with E-state index in [0.29, 0.717) is 12.1 Å². The van der Waals surface area contributed by atoms with Crippen molar-refractivity contribution >= 4 is 21.4 Å². The van der Waals surface area contributed by atoms with E-state index in [4.69, 9.17) is 5.11 Å². The quantitative estimate of drug-likeness (QED) is 0.746. The van der Waals surface area contributed by atoms with Crippen molar-refractivity contribution in [1.29, 1.82) is 0 Å². The van der Waals surface area contributed by atoms with Crippen molar-refractivity contribution in [2.45, 2.75) is 37.8 Å². The summed E-state index contributed by atoms with van der Waals surface area (Å²) in [7, 11) is -3.69. The molecule has 0 aromatic carbocycles. The molecule has 2 rings (SSSR count). The Bertz CT molecular complexity index is 662. The monoisotopic (exact) mass is 315 g/mol. The van der Waals surface area contributed by atoms with Gasteiger partial charge < -0.3 is 5.11 Å². The molecule has 1 atom stereocenters. The Hall–Kier alpha value is -1.22. The van der Waals surface area contributed by atoms with Crippen LogP contribution < -0.4 is 4.72 Å². The van der Waals surface area contributed by atoms with Crippen molar-refractivity contribution in [3.05, 3.63) is 33.8 Å². The van der Waals surface area contributed by atoms with Crippen LogP contribution in [0, 0.1) is 6.92 Å². The van der Waals surface area contributed by atoms with Gasteiger partial charge in [0.1, 0.15) is 10.6 Å². The summed E-state index contributed by atoms with van der Waals surface area (Å²) in [5, 5.41) is 19.5. The number of hydrogen-bond donors (Lipinski definition) is 3. The second-order valence-corrected chi connectivity index (χ2v) is 7.07. The van der Waals surface area contributed by atoms with Crippen LogP contribution in [0.3, 0.4) is 0 Å². The first-order valence-corrected chi connectivity index (χ1v) is 8.54. The number of aliphatic hydroxyl groups excluding tert-OH is 1. The normalized spacial score (nSPS) is 13.6. The fourth-order valence-electron chi connectivity index (χ4n) is 2.06. The molecule has 0 aliphatic rings. The highest BCUT2D eigenvalue weighted by Crippen LogP contribution is 2.18. The van der Waals surface area contributed by atoms with Gasteiger partial charge in [-0.25, -0.2) is 13.1 Å². The fraction of sp³-hybridized carbons (Fsp3) is 0.417. The van der Waals surface area contributed by atoms with Crippen LogP contribution in [0.15, 0.2) is 21.7 Å². The van der Waals surface area contributed by atoms with Crippen molar-refractivity contribution in [1.82, 2.24) is 14.9 Å². The lowest BCUT2D eigenvalue weighted by atomic mass is 10.1. The molecule has 2 heterocycles. The number of H-pyrrole nitrogens is 1. The standard InChI is InChI=1S/C12H17N3O3S2/c1-8(5-10-3-4-19-7-10)15-20(17,18)12-9(2)13-14-11(12)6-16/h3-4,7-8,15-16H,5-6H2,1-2H3,(H,13,14). The van der Waals surface area contributed by atoms with Gasteiger partial charge in [0.05, 0.1) is 12.3 Å². The molecule has 0 spiro atoms. The molecule has 0 saturated heterocycles. The SMILES string of the molecule is Cc1[nH]nc(CO)c1S(=O)(=O)NC(C)Cc1ccsc1. The first kappa shape index (κ1) is 15.2. The number of rotatable bonds is 6. The summed E-state index contributed by atoms with van der Waals surface area (Å²) in [4.78, 5) is 0.0390. The largest absolute Gasteiger partial charge is 0.390 e. The molecule has 3 N–H and O–H groups in total. The molecule has 0 aliphatic carbocycles. The lowest BCUT2D eigenvalue weighted by Crippen LogP contribution is -2.34. The van der Waals surface area contributed by atoms with E-state index in [0.717, 1.165) is 5.56 Å². The van der Waals surface area contributed by atoms with Gasteiger partial charge in [0, 0.05) is 6.04 Å². The summed E-state index contributed by atoms with van der Waals surface area (Å²) in [6.45, 7) is 3.01. The first-order chi connectivity index (χ1) is 9.44. The van der Waals surface area contributed by atoms with E-state index in [9.17, 15) is 8.42 Å². The highest BCUT2D eigenvalue weighted by Gasteiger charge is 2.25. The van der Waals surface area contributed by atoms with Gasteiger partial charge in [-0.3, -0.25) is 5.10 Å². The Kier molecular flexibility index (Phi) is 4.59. The predicted molar refractivity (Wildman–Crippen MR) is 77.1 cm³/mol. The lowest BCUT2D eigenvalue weighted by molar-refractivity contribution is 0.273. The number of aromatic nitrogens is 2. The molecule has 2 aromatic heterocycles. The summed E-state index contributed by atoms with van der Waals surface area (Å²) in [6, 6.07) is 1.73. The van der Waals surface area contributed by atoms with Gasteiger partial charge in [-0.2, -0.15) is 16.4 Å². The van der Waals surface area contributed by atoms with E-state index < -0.39 is 16.6 Å². The molecule has 0 saturated carbocycles. The van der Waals surface area contributed by atoms with E-state index in [1.54, 1.807) is 18.3 Å². The first-order valence-electron chi connectivity index (χ1n) is 6.12. The summed E-state index contributed by atoms with van der Waals surface area (Å²) in [5.74, 6) is 0. The van der Waals surface area contributed by atoms with Crippen LogP contribution in [0.2, 0.25) is 0 Å². The Labute approximate surface area is 121 Å². The van der Waals surface area contributed by atoms with Gasteiger partial charge in [0.2, 0.25) is 10.0 Å². The second-order valence-electron chi connectivity index (χ2n) is 4.64. The molecule has 0 amide bonds. The molecule has 0 aliphatic heterocycles. The van der Waals surface area contributed by atoms with E-state index in [-0.39, 0.29) is 16.6 Å². The molecular weight excluding hydrogens is 298 g/mol. The zero-order valence-corrected chi connectivity index (χ0v) is 12.9. The van der Waals surface area contributed by atoms with Crippen LogP contribution in [0.5, 0.6) is 0 Å². The van der Waals surface area contributed by atoms with Crippen molar-refractivity contribution in [2.24, 2.45) is 0 Å². The molecular formula is C12H17N3O3S2. The van der Waals surface area contributed by atoms with Crippen molar-refractivity contribution in [3.63, 3.8) is 0 Å². The molecule has 110 valence electrons. The van der Waals surface area contributed by atoms with Crippen LogP contribution in [0.1, 0.15) is 23.9 Å². The number of aromatic amines is 1. The van der Waals surface area contributed by atoms with E-state index in [1.165, 1.54) is 0 Å². The summed E-state index contributed by atoms with van der Waals surface area (Å²) < 4.78 is 27.3. The molecule has 1 unspecified atom stereocenters. The second kappa shape index (κ2) is 6.04. The molecule has 2 aromatic rings. The highest BCUT2D eigenvalue weighted by molar-refractivity contribution is 7.89. The third kappa shape index (κ3) is 3.26. The minimum Gasteiger partial charge on any atom is -0.390 e. The molecule has 20 heavy (non-hydrogen) atoms. The zero-order valence-electron chi connectivity index (χ0n) is 11.3.